The second kappa shape index (κ2) is 4.29. The molecule has 82 valence electrons. The van der Waals surface area contributed by atoms with Crippen LogP contribution in [-0.2, 0) is 0 Å². The Hall–Kier alpha value is -1.58. The molecule has 1 aliphatic carbocycles. The van der Waals surface area contributed by atoms with Crippen molar-refractivity contribution in [1.29, 1.82) is 0 Å². The summed E-state index contributed by atoms with van der Waals surface area (Å²) in [4.78, 5) is 10.6. The van der Waals surface area contributed by atoms with Crippen LogP contribution in [-0.4, -0.2) is 11.7 Å². The number of carbonyl (C=O) groups excluding carboxylic acids is 1. The highest BCUT2D eigenvalue weighted by atomic mass is 16.2. The molecular weight excluding hydrogens is 190 g/mol. The van der Waals surface area contributed by atoms with Gasteiger partial charge in [-0.05, 0) is 17.9 Å². The number of hydrogen-bond donors (Lipinski definition) is 2. The van der Waals surface area contributed by atoms with Gasteiger partial charge in [-0.15, -0.1) is 0 Å². The van der Waals surface area contributed by atoms with Gasteiger partial charge in [-0.2, -0.15) is 5.10 Å². The van der Waals surface area contributed by atoms with E-state index in [-0.39, 0.29) is 5.41 Å². The van der Waals surface area contributed by atoms with E-state index in [0.717, 1.165) is 17.7 Å². The lowest BCUT2D eigenvalue weighted by molar-refractivity contribution is 0.249. The maximum Gasteiger partial charge on any atom is 0.332 e. The maximum absolute atomic E-state index is 10.6. The van der Waals surface area contributed by atoms with Crippen molar-refractivity contribution in [1.82, 2.24) is 5.43 Å². The fourth-order valence-corrected chi connectivity index (χ4v) is 1.43. The molecule has 4 nitrogen and oxygen atoms in total. The van der Waals surface area contributed by atoms with Crippen molar-refractivity contribution in [2.24, 2.45) is 16.3 Å². The molecule has 4 heteroatoms. The normalized spacial score (nSPS) is 22.1. The number of amides is 2. The van der Waals surface area contributed by atoms with Crippen LogP contribution >= 0.6 is 0 Å². The molecule has 0 aromatic carbocycles. The highest BCUT2D eigenvalue weighted by Gasteiger charge is 2.20. The number of nitrogens with zero attached hydrogens (tertiary/aromatic N) is 1. The van der Waals surface area contributed by atoms with Crippen LogP contribution in [0.25, 0.3) is 0 Å². The number of rotatable bonds is 1. The first-order valence-corrected chi connectivity index (χ1v) is 4.89. The van der Waals surface area contributed by atoms with Gasteiger partial charge in [0.2, 0.25) is 0 Å². The van der Waals surface area contributed by atoms with Crippen molar-refractivity contribution in [2.45, 2.75) is 27.2 Å². The van der Waals surface area contributed by atoms with Crippen LogP contribution in [0.5, 0.6) is 0 Å². The molecule has 0 atom stereocenters. The predicted molar refractivity (Wildman–Crippen MR) is 61.4 cm³/mol. The molecule has 0 spiro atoms. The third kappa shape index (κ3) is 3.58. The first kappa shape index (κ1) is 11.5. The Morgan fingerprint density at radius 3 is 2.87 bits per heavy atom. The van der Waals surface area contributed by atoms with Gasteiger partial charge in [-0.1, -0.05) is 32.1 Å². The quantitative estimate of drug-likeness (QED) is 0.634. The molecule has 2 amide bonds. The number of allylic oxidation sites excluding steroid dienone is 4. The van der Waals surface area contributed by atoms with Crippen molar-refractivity contribution in [2.75, 3.05) is 0 Å². The predicted octanol–water partition coefficient (Wildman–Crippen LogP) is 1.94. The van der Waals surface area contributed by atoms with E-state index >= 15 is 0 Å². The van der Waals surface area contributed by atoms with Crippen LogP contribution in [0, 0.1) is 5.41 Å². The van der Waals surface area contributed by atoms with Gasteiger partial charge < -0.3 is 5.73 Å². The minimum absolute atomic E-state index is 0.0480. The number of nitrogens with one attached hydrogen (secondary N) is 1. The lowest BCUT2D eigenvalue weighted by atomic mass is 9.87. The van der Waals surface area contributed by atoms with E-state index in [9.17, 15) is 4.79 Å². The summed E-state index contributed by atoms with van der Waals surface area (Å²) in [5, 5.41) is 4.00. The molecule has 0 aromatic rings. The Bertz CT molecular complexity index is 351. The number of hydrogen-bond acceptors (Lipinski definition) is 2. The second-order valence-electron chi connectivity index (χ2n) is 4.41. The van der Waals surface area contributed by atoms with Crippen LogP contribution in [0.2, 0.25) is 0 Å². The van der Waals surface area contributed by atoms with E-state index in [2.05, 4.69) is 30.5 Å². The maximum atomic E-state index is 10.6. The molecule has 0 radical (unpaired) electrons. The van der Waals surface area contributed by atoms with Gasteiger partial charge in [0, 0.05) is 6.42 Å². The molecule has 0 bridgehead atoms. The van der Waals surface area contributed by atoms with Gasteiger partial charge in [-0.25, -0.2) is 10.2 Å². The third-order valence-corrected chi connectivity index (χ3v) is 2.27. The van der Waals surface area contributed by atoms with Gasteiger partial charge in [-0.3, -0.25) is 0 Å². The van der Waals surface area contributed by atoms with Gasteiger partial charge in [0.1, 0.15) is 0 Å². The molecule has 0 fully saturated rings. The standard InChI is InChI=1S/C11H17N3O/c1-8-5-4-6-11(2,3)7-9(8)13-14-10(12)15/h4-6H,7H2,1-3H3,(H3,12,14,15). The van der Waals surface area contributed by atoms with Gasteiger partial charge in [0.15, 0.2) is 0 Å². The molecule has 1 aliphatic rings. The van der Waals surface area contributed by atoms with Crippen molar-refractivity contribution in [3.8, 4) is 0 Å². The topological polar surface area (TPSA) is 67.5 Å². The zero-order valence-corrected chi connectivity index (χ0v) is 9.37. The summed E-state index contributed by atoms with van der Waals surface area (Å²) in [5.41, 5.74) is 9.20. The van der Waals surface area contributed by atoms with Crippen LogP contribution in [0.3, 0.4) is 0 Å². The lowest BCUT2D eigenvalue weighted by Crippen LogP contribution is -2.27. The minimum Gasteiger partial charge on any atom is -0.350 e. The fourth-order valence-electron chi connectivity index (χ4n) is 1.43. The average molecular weight is 207 g/mol. The van der Waals surface area contributed by atoms with Crippen LogP contribution in [0.4, 0.5) is 4.79 Å². The van der Waals surface area contributed by atoms with Crippen molar-refractivity contribution < 1.29 is 4.79 Å². The van der Waals surface area contributed by atoms with E-state index in [1.165, 1.54) is 0 Å². The number of nitrogens with two attached hydrogens (primary N) is 1. The molecule has 0 saturated heterocycles. The van der Waals surface area contributed by atoms with Gasteiger partial charge in [0.25, 0.3) is 0 Å². The molecule has 1 rings (SSSR count). The summed E-state index contributed by atoms with van der Waals surface area (Å²) in [6.45, 7) is 6.21. The summed E-state index contributed by atoms with van der Waals surface area (Å²) in [5.74, 6) is 0. The summed E-state index contributed by atoms with van der Waals surface area (Å²) >= 11 is 0. The van der Waals surface area contributed by atoms with E-state index in [0.29, 0.717) is 0 Å². The van der Waals surface area contributed by atoms with E-state index in [1.807, 2.05) is 19.1 Å². The first-order valence-electron chi connectivity index (χ1n) is 4.89. The molecule has 0 aromatic heterocycles. The molecule has 3 N–H and O–H groups in total. The summed E-state index contributed by atoms with van der Waals surface area (Å²) in [6, 6.07) is -0.634. The zero-order chi connectivity index (χ0) is 11.5. The second-order valence-corrected chi connectivity index (χ2v) is 4.41. The lowest BCUT2D eigenvalue weighted by Gasteiger charge is -2.19. The SMILES string of the molecule is CC1=CC=CC(C)(C)CC1=NNC(N)=O. The molecule has 0 saturated carbocycles. The Labute approximate surface area is 89.9 Å². The van der Waals surface area contributed by atoms with Crippen molar-refractivity contribution in [3.63, 3.8) is 0 Å². The molecule has 0 heterocycles. The number of hydrazone groups is 1. The largest absolute Gasteiger partial charge is 0.350 e. The fraction of sp³-hybridized carbons (Fsp3) is 0.455. The van der Waals surface area contributed by atoms with Crippen LogP contribution in [0.1, 0.15) is 27.2 Å². The minimum atomic E-state index is -0.634. The smallest absolute Gasteiger partial charge is 0.332 e. The van der Waals surface area contributed by atoms with E-state index in [1.54, 1.807) is 0 Å². The number of urea groups is 1. The van der Waals surface area contributed by atoms with Crippen LogP contribution < -0.4 is 11.2 Å². The third-order valence-electron chi connectivity index (χ3n) is 2.27. The Kier molecular flexibility index (Phi) is 3.29. The number of carbonyl (C=O) groups is 1. The molecular formula is C11H17N3O. The molecule has 15 heavy (non-hydrogen) atoms. The summed E-state index contributed by atoms with van der Waals surface area (Å²) in [6.07, 6.45) is 6.91. The van der Waals surface area contributed by atoms with Crippen molar-refractivity contribution >= 4 is 11.7 Å². The molecule has 0 unspecified atom stereocenters. The summed E-state index contributed by atoms with van der Waals surface area (Å²) in [7, 11) is 0. The van der Waals surface area contributed by atoms with E-state index < -0.39 is 6.03 Å². The van der Waals surface area contributed by atoms with Gasteiger partial charge >= 0.3 is 6.03 Å². The highest BCUT2D eigenvalue weighted by molar-refractivity contribution is 6.01. The van der Waals surface area contributed by atoms with E-state index in [4.69, 9.17) is 5.73 Å². The Morgan fingerprint density at radius 2 is 2.27 bits per heavy atom. The summed E-state index contributed by atoms with van der Waals surface area (Å²) < 4.78 is 0. The number of primary amides is 1. The van der Waals surface area contributed by atoms with Gasteiger partial charge in [0.05, 0.1) is 5.71 Å². The highest BCUT2D eigenvalue weighted by Crippen LogP contribution is 2.27. The Balaban J connectivity index is 2.87. The molecule has 0 aliphatic heterocycles. The monoisotopic (exact) mass is 207 g/mol. The van der Waals surface area contributed by atoms with Crippen molar-refractivity contribution in [3.05, 3.63) is 23.8 Å². The van der Waals surface area contributed by atoms with Crippen LogP contribution in [0.15, 0.2) is 28.9 Å². The average Bonchev–Trinajstić information content (AvgIpc) is 2.22. The first-order chi connectivity index (χ1) is 6.91. The zero-order valence-electron chi connectivity index (χ0n) is 9.37. The Morgan fingerprint density at radius 1 is 1.60 bits per heavy atom.